The number of hydrogen-bond donors (Lipinski definition) is 4. The van der Waals surface area contributed by atoms with E-state index in [1.807, 2.05) is 69.7 Å². The fourth-order valence-electron chi connectivity index (χ4n) is 9.70. The second kappa shape index (κ2) is 21.3. The van der Waals surface area contributed by atoms with Gasteiger partial charge >= 0.3 is 0 Å². The van der Waals surface area contributed by atoms with Crippen LogP contribution in [0.3, 0.4) is 0 Å². The molecular formula is C52H58F2N7O10S2+. The summed E-state index contributed by atoms with van der Waals surface area (Å²) in [5, 5.41) is 15.0. The number of para-hydroxylation sites is 1. The molecule has 1 atom stereocenters. The summed E-state index contributed by atoms with van der Waals surface area (Å²) in [4.78, 5) is 45.5. The summed E-state index contributed by atoms with van der Waals surface area (Å²) in [5.74, 6) is -4.33. The van der Waals surface area contributed by atoms with E-state index in [2.05, 4.69) is 20.5 Å². The summed E-state index contributed by atoms with van der Waals surface area (Å²) < 4.78 is 103. The van der Waals surface area contributed by atoms with Gasteiger partial charge in [0.2, 0.25) is 17.5 Å². The number of likely N-dealkylation sites (tertiary alicyclic amines) is 1. The van der Waals surface area contributed by atoms with Crippen molar-refractivity contribution in [1.82, 2.24) is 20.5 Å². The number of ether oxygens (including phenoxy) is 1. The normalized spacial score (nSPS) is 18.4. The second-order valence-corrected chi connectivity index (χ2v) is 22.1. The van der Waals surface area contributed by atoms with E-state index in [4.69, 9.17) is 4.74 Å². The van der Waals surface area contributed by atoms with Gasteiger partial charge < -0.3 is 25.2 Å². The number of halogens is 2. The highest BCUT2D eigenvalue weighted by Gasteiger charge is 2.47. The van der Waals surface area contributed by atoms with Gasteiger partial charge in [-0.15, -0.1) is 0 Å². The Labute approximate surface area is 423 Å². The van der Waals surface area contributed by atoms with Crippen LogP contribution in [0.2, 0.25) is 0 Å². The molecule has 7 rings (SSSR count). The standard InChI is InChI=1S/C52H57F2N7O10S2/c1-50(2)39-28-35(72(65,66)67)19-21-41(39)59(5)44(50)16-8-6-9-17-45-51(3,4)40-29-36(73(68,69)70)20-22-42(40)60(45)26-11-7-10-18-46(62)56-24-13-27-71-43-15-12-14-37-38(23-25-57-48(37)43)49(64)58-32-47(63)61-33-52(53,54)30-34(61)31-55/h6,8-9,12,14-17,19-23,25,28-29,34H,7,10-11,13,18,24,26-27,30,32-33H2,1-5H3,(H3-,56,58,62,64,65,66,67,68,69,70)/p+1/t34-/m0/s1. The average Bonchev–Trinajstić information content (AvgIpc) is 3.84. The summed E-state index contributed by atoms with van der Waals surface area (Å²) in [6.45, 7) is 7.60. The second-order valence-electron chi connectivity index (χ2n) is 19.2. The van der Waals surface area contributed by atoms with Crippen molar-refractivity contribution in [3.05, 3.63) is 120 Å². The molecule has 3 aromatic carbocycles. The first-order valence-corrected chi connectivity index (χ1v) is 26.5. The van der Waals surface area contributed by atoms with Crippen molar-refractivity contribution in [2.45, 2.75) is 98.8 Å². The number of hydrogen-bond acceptors (Lipinski definition) is 11. The number of rotatable bonds is 19. The maximum absolute atomic E-state index is 13.9. The zero-order valence-corrected chi connectivity index (χ0v) is 42.7. The van der Waals surface area contributed by atoms with Gasteiger partial charge in [-0.3, -0.25) is 28.5 Å². The van der Waals surface area contributed by atoms with Crippen molar-refractivity contribution < 1.29 is 58.4 Å². The molecule has 21 heteroatoms. The van der Waals surface area contributed by atoms with Crippen molar-refractivity contribution in [3.63, 3.8) is 0 Å². The number of aromatic nitrogens is 1. The molecule has 0 unspecified atom stereocenters. The molecule has 1 saturated heterocycles. The van der Waals surface area contributed by atoms with Gasteiger partial charge in [-0.05, 0) is 87.2 Å². The van der Waals surface area contributed by atoms with Crippen molar-refractivity contribution in [1.29, 1.82) is 5.26 Å². The van der Waals surface area contributed by atoms with E-state index in [1.54, 1.807) is 36.4 Å². The largest absolute Gasteiger partial charge is 0.491 e. The van der Waals surface area contributed by atoms with Crippen LogP contribution in [-0.2, 0) is 40.7 Å². The first-order valence-electron chi connectivity index (χ1n) is 23.7. The van der Waals surface area contributed by atoms with Crippen molar-refractivity contribution >= 4 is 65.9 Å². The summed E-state index contributed by atoms with van der Waals surface area (Å²) in [6, 6.07) is 16.0. The molecule has 73 heavy (non-hydrogen) atoms. The quantitative estimate of drug-likeness (QED) is 0.0316. The molecule has 0 bridgehead atoms. The van der Waals surface area contributed by atoms with Crippen molar-refractivity contribution in [2.75, 3.05) is 44.7 Å². The van der Waals surface area contributed by atoms with Crippen LogP contribution in [-0.4, -0.2) is 116 Å². The monoisotopic (exact) mass is 1040 g/mol. The highest BCUT2D eigenvalue weighted by atomic mass is 32.2. The number of amides is 3. The molecule has 0 aliphatic carbocycles. The molecule has 0 spiro atoms. The summed E-state index contributed by atoms with van der Waals surface area (Å²) in [5.41, 5.74) is 4.28. The molecular weight excluding hydrogens is 985 g/mol. The minimum atomic E-state index is -4.46. The first kappa shape index (κ1) is 53.9. The van der Waals surface area contributed by atoms with Gasteiger partial charge in [-0.2, -0.15) is 26.7 Å². The van der Waals surface area contributed by atoms with Crippen molar-refractivity contribution in [2.24, 2.45) is 0 Å². The fraction of sp³-hybridized carbons (Fsp3) is 0.385. The Kier molecular flexibility index (Phi) is 15.7. The van der Waals surface area contributed by atoms with Crippen LogP contribution in [0.15, 0.2) is 113 Å². The highest BCUT2D eigenvalue weighted by Crippen LogP contribution is 2.49. The number of benzene rings is 3. The molecule has 4 N–H and O–H groups in total. The van der Waals surface area contributed by atoms with E-state index in [9.17, 15) is 54.4 Å². The third kappa shape index (κ3) is 11.8. The van der Waals surface area contributed by atoms with Gasteiger partial charge in [0.25, 0.3) is 32.1 Å². The zero-order valence-electron chi connectivity index (χ0n) is 41.1. The lowest BCUT2D eigenvalue weighted by molar-refractivity contribution is -0.401. The van der Waals surface area contributed by atoms with E-state index in [1.165, 1.54) is 36.5 Å². The summed E-state index contributed by atoms with van der Waals surface area (Å²) in [6.07, 6.45) is 13.0. The van der Waals surface area contributed by atoms with Crippen LogP contribution >= 0.6 is 0 Å². The lowest BCUT2D eigenvalue weighted by atomic mass is 9.81. The van der Waals surface area contributed by atoms with Crippen LogP contribution in [0, 0.1) is 11.3 Å². The fourth-order valence-corrected chi connectivity index (χ4v) is 10.7. The molecule has 1 fully saturated rings. The number of pyridine rings is 1. The Morgan fingerprint density at radius 1 is 0.904 bits per heavy atom. The smallest absolute Gasteiger partial charge is 0.294 e. The maximum atomic E-state index is 13.9. The molecule has 3 aliphatic rings. The third-order valence-electron chi connectivity index (χ3n) is 13.5. The maximum Gasteiger partial charge on any atom is 0.294 e. The molecule has 0 radical (unpaired) electrons. The summed E-state index contributed by atoms with van der Waals surface area (Å²) in [7, 11) is -6.95. The molecule has 386 valence electrons. The molecule has 17 nitrogen and oxygen atoms in total. The van der Waals surface area contributed by atoms with Crippen LogP contribution in [0.4, 0.5) is 20.2 Å². The van der Waals surface area contributed by atoms with E-state index >= 15 is 0 Å². The average molecular weight is 1040 g/mol. The number of unbranched alkanes of at least 4 members (excludes halogenated alkanes) is 2. The SMILES string of the molecule is C[N+]1=C(C=CC=CC=C2N(CCCCCC(=O)NCCCOc3cccc4c(C(=O)NCC(=O)N5CC(F)(F)C[C@H]5C#N)ccnc34)c3ccc(S(=O)(=O)O)cc3C2(C)C)C(C)(C)c2cc(S(=O)(=O)O)ccc21. The van der Waals surface area contributed by atoms with Gasteiger partial charge in [0.15, 0.2) is 5.71 Å². The Bertz CT molecular complexity index is 3250. The number of carbonyl (C=O) groups excluding carboxylic acids is 3. The Balaban J connectivity index is 0.897. The first-order chi connectivity index (χ1) is 34.3. The minimum Gasteiger partial charge on any atom is -0.491 e. The van der Waals surface area contributed by atoms with Gasteiger partial charge in [-0.1, -0.05) is 50.6 Å². The number of anilines is 1. The molecule has 1 aromatic heterocycles. The molecule has 4 aromatic rings. The summed E-state index contributed by atoms with van der Waals surface area (Å²) >= 11 is 0. The lowest BCUT2D eigenvalue weighted by Crippen LogP contribution is -2.43. The van der Waals surface area contributed by atoms with Crippen LogP contribution in [0.25, 0.3) is 10.9 Å². The van der Waals surface area contributed by atoms with E-state index in [0.29, 0.717) is 55.4 Å². The van der Waals surface area contributed by atoms with Crippen LogP contribution in [0.1, 0.15) is 87.7 Å². The minimum absolute atomic E-state index is 0.121. The number of nitriles is 1. The number of nitrogens with one attached hydrogen (secondary N) is 2. The Morgan fingerprint density at radius 2 is 1.62 bits per heavy atom. The predicted molar refractivity (Wildman–Crippen MR) is 269 cm³/mol. The van der Waals surface area contributed by atoms with E-state index in [0.717, 1.165) is 45.2 Å². The number of allylic oxidation sites excluding steroid dienone is 6. The molecule has 3 amide bonds. The molecule has 0 saturated carbocycles. The molecule has 4 heterocycles. The van der Waals surface area contributed by atoms with Crippen LogP contribution in [0.5, 0.6) is 5.75 Å². The van der Waals surface area contributed by atoms with Gasteiger partial charge in [0.05, 0.1) is 46.5 Å². The topological polar surface area (TPSA) is 239 Å². The zero-order chi connectivity index (χ0) is 53.1. The predicted octanol–water partition coefficient (Wildman–Crippen LogP) is 7.16. The Morgan fingerprint density at radius 3 is 2.33 bits per heavy atom. The number of fused-ring (bicyclic) bond motifs is 3. The van der Waals surface area contributed by atoms with Gasteiger partial charge in [-0.25, -0.2) is 8.78 Å². The molecule has 3 aliphatic heterocycles. The van der Waals surface area contributed by atoms with Crippen molar-refractivity contribution in [3.8, 4) is 11.8 Å². The number of nitrogens with zero attached hydrogens (tertiary/aromatic N) is 5. The lowest BCUT2D eigenvalue weighted by Gasteiger charge is -2.27. The third-order valence-corrected chi connectivity index (χ3v) is 15.2. The highest BCUT2D eigenvalue weighted by molar-refractivity contribution is 7.86. The number of alkyl halides is 2. The Hall–Kier alpha value is -6.86. The number of carbonyl (C=O) groups is 3. The van der Waals surface area contributed by atoms with Crippen LogP contribution < -0.4 is 20.3 Å². The van der Waals surface area contributed by atoms with Gasteiger partial charge in [0.1, 0.15) is 24.4 Å². The van der Waals surface area contributed by atoms with E-state index in [-0.39, 0.29) is 27.9 Å². The van der Waals surface area contributed by atoms with Gasteiger partial charge in [0, 0.05) is 72.0 Å². The van der Waals surface area contributed by atoms with E-state index < -0.39 is 74.4 Å².